The van der Waals surface area contributed by atoms with Crippen molar-refractivity contribution >= 4 is 38.0 Å². The highest BCUT2D eigenvalue weighted by atomic mass is 32.2. The van der Waals surface area contributed by atoms with Crippen molar-refractivity contribution in [2.24, 2.45) is 5.73 Å². The van der Waals surface area contributed by atoms with Crippen LogP contribution in [0.1, 0.15) is 38.1 Å². The first-order valence-corrected chi connectivity index (χ1v) is 9.68. The van der Waals surface area contributed by atoms with Gasteiger partial charge in [0.25, 0.3) is 11.8 Å². The number of carbonyl (C=O) groups is 2. The van der Waals surface area contributed by atoms with E-state index in [1.165, 1.54) is 35.6 Å². The molecule has 2 rings (SSSR count). The summed E-state index contributed by atoms with van der Waals surface area (Å²) >= 11 is 1.26. The SMILES string of the molecule is CCS(=O)(=O)c1cccc(C(=O)Nc2sc(C)c(C)c2C(N)=O)c1. The van der Waals surface area contributed by atoms with E-state index >= 15 is 0 Å². The minimum Gasteiger partial charge on any atom is -0.365 e. The summed E-state index contributed by atoms with van der Waals surface area (Å²) in [5.74, 6) is -1.16. The summed E-state index contributed by atoms with van der Waals surface area (Å²) in [7, 11) is -3.40. The van der Waals surface area contributed by atoms with Crippen molar-refractivity contribution in [2.75, 3.05) is 11.1 Å². The van der Waals surface area contributed by atoms with E-state index in [9.17, 15) is 18.0 Å². The molecule has 3 N–H and O–H groups in total. The van der Waals surface area contributed by atoms with Crippen LogP contribution in [0, 0.1) is 13.8 Å². The molecule has 0 saturated heterocycles. The molecule has 1 heterocycles. The standard InChI is InChI=1S/C16H18N2O4S2/c1-4-24(21,22)12-7-5-6-11(8-12)15(20)18-16-13(14(17)19)9(2)10(3)23-16/h5-8H,4H2,1-3H3,(H2,17,19)(H,18,20). The maximum Gasteiger partial charge on any atom is 0.256 e. The number of rotatable bonds is 5. The lowest BCUT2D eigenvalue weighted by molar-refractivity contribution is 0.100. The number of thiophene rings is 1. The maximum atomic E-state index is 12.4. The second kappa shape index (κ2) is 6.74. The summed E-state index contributed by atoms with van der Waals surface area (Å²) in [6.45, 7) is 5.13. The maximum absolute atomic E-state index is 12.4. The molecule has 128 valence electrons. The number of nitrogens with one attached hydrogen (secondary N) is 1. The monoisotopic (exact) mass is 366 g/mol. The molecule has 0 spiro atoms. The normalized spacial score (nSPS) is 11.3. The van der Waals surface area contributed by atoms with E-state index in [4.69, 9.17) is 5.73 Å². The predicted molar refractivity (Wildman–Crippen MR) is 94.4 cm³/mol. The number of benzene rings is 1. The third-order valence-corrected chi connectivity index (χ3v) is 6.55. The Bertz CT molecular complexity index is 914. The van der Waals surface area contributed by atoms with Crippen molar-refractivity contribution in [3.05, 3.63) is 45.8 Å². The van der Waals surface area contributed by atoms with Gasteiger partial charge in [-0.1, -0.05) is 13.0 Å². The second-order valence-electron chi connectivity index (χ2n) is 5.24. The molecular weight excluding hydrogens is 348 g/mol. The van der Waals surface area contributed by atoms with Gasteiger partial charge in [0.15, 0.2) is 9.84 Å². The largest absolute Gasteiger partial charge is 0.365 e. The Kier molecular flexibility index (Phi) is 5.10. The molecule has 8 heteroatoms. The van der Waals surface area contributed by atoms with Gasteiger partial charge in [0.2, 0.25) is 0 Å². The molecule has 0 saturated carbocycles. The topological polar surface area (TPSA) is 106 Å². The zero-order chi connectivity index (χ0) is 18.1. The number of primary amides is 1. The van der Waals surface area contributed by atoms with Gasteiger partial charge < -0.3 is 11.1 Å². The van der Waals surface area contributed by atoms with Crippen molar-refractivity contribution in [2.45, 2.75) is 25.7 Å². The van der Waals surface area contributed by atoms with E-state index in [0.717, 1.165) is 10.4 Å². The summed E-state index contributed by atoms with van der Waals surface area (Å²) in [6.07, 6.45) is 0. The summed E-state index contributed by atoms with van der Waals surface area (Å²) in [6, 6.07) is 5.80. The van der Waals surface area contributed by atoms with Gasteiger partial charge in [-0.15, -0.1) is 11.3 Å². The van der Waals surface area contributed by atoms with Crippen LogP contribution in [0.3, 0.4) is 0 Å². The van der Waals surface area contributed by atoms with Gasteiger partial charge in [-0.3, -0.25) is 9.59 Å². The van der Waals surface area contributed by atoms with Gasteiger partial charge in [0, 0.05) is 10.4 Å². The van der Waals surface area contributed by atoms with Crippen molar-refractivity contribution in [3.63, 3.8) is 0 Å². The Hall–Kier alpha value is -2.19. The Morgan fingerprint density at radius 3 is 2.50 bits per heavy atom. The van der Waals surface area contributed by atoms with Crippen LogP contribution in [0.4, 0.5) is 5.00 Å². The average molecular weight is 366 g/mol. The zero-order valence-corrected chi connectivity index (χ0v) is 15.2. The lowest BCUT2D eigenvalue weighted by atomic mass is 10.1. The lowest BCUT2D eigenvalue weighted by Crippen LogP contribution is -2.17. The van der Waals surface area contributed by atoms with E-state index in [1.54, 1.807) is 13.8 Å². The molecule has 0 bridgehead atoms. The van der Waals surface area contributed by atoms with Crippen LogP contribution in [-0.2, 0) is 9.84 Å². The van der Waals surface area contributed by atoms with Crippen molar-refractivity contribution < 1.29 is 18.0 Å². The predicted octanol–water partition coefficient (Wildman–Crippen LogP) is 2.51. The van der Waals surface area contributed by atoms with E-state index in [2.05, 4.69) is 5.32 Å². The highest BCUT2D eigenvalue weighted by molar-refractivity contribution is 7.91. The molecular formula is C16H18N2O4S2. The average Bonchev–Trinajstić information content (AvgIpc) is 2.81. The third-order valence-electron chi connectivity index (χ3n) is 3.69. The minimum absolute atomic E-state index is 0.0484. The first-order chi connectivity index (χ1) is 11.2. The molecule has 0 unspecified atom stereocenters. The number of anilines is 1. The Morgan fingerprint density at radius 2 is 1.92 bits per heavy atom. The number of aryl methyl sites for hydroxylation is 1. The smallest absolute Gasteiger partial charge is 0.256 e. The first kappa shape index (κ1) is 18.2. The van der Waals surface area contributed by atoms with Crippen LogP contribution in [0.25, 0.3) is 0 Å². The molecule has 0 radical (unpaired) electrons. The van der Waals surface area contributed by atoms with Crippen molar-refractivity contribution in [1.82, 2.24) is 0 Å². The quantitative estimate of drug-likeness (QED) is 0.848. The van der Waals surface area contributed by atoms with Gasteiger partial charge in [-0.25, -0.2) is 8.42 Å². The number of carbonyl (C=O) groups excluding carboxylic acids is 2. The molecule has 0 aliphatic carbocycles. The van der Waals surface area contributed by atoms with Gasteiger partial charge in [0.05, 0.1) is 16.2 Å². The molecule has 2 aromatic rings. The first-order valence-electron chi connectivity index (χ1n) is 7.21. The van der Waals surface area contributed by atoms with Gasteiger partial charge in [-0.05, 0) is 37.6 Å². The zero-order valence-electron chi connectivity index (χ0n) is 13.5. The molecule has 0 fully saturated rings. The fraction of sp³-hybridized carbons (Fsp3) is 0.250. The molecule has 1 aromatic heterocycles. The van der Waals surface area contributed by atoms with Crippen LogP contribution in [-0.4, -0.2) is 26.0 Å². The molecule has 0 aliphatic rings. The van der Waals surface area contributed by atoms with Crippen molar-refractivity contribution in [1.29, 1.82) is 0 Å². The fourth-order valence-corrected chi connectivity index (χ4v) is 4.17. The lowest BCUT2D eigenvalue weighted by Gasteiger charge is -2.07. The molecule has 0 atom stereocenters. The second-order valence-corrected chi connectivity index (χ2v) is 8.74. The van der Waals surface area contributed by atoms with Gasteiger partial charge in [-0.2, -0.15) is 0 Å². The van der Waals surface area contributed by atoms with E-state index in [-0.39, 0.29) is 21.8 Å². The number of hydrogen-bond donors (Lipinski definition) is 2. The summed E-state index contributed by atoms with van der Waals surface area (Å²) in [4.78, 5) is 25.0. The molecule has 6 nitrogen and oxygen atoms in total. The van der Waals surface area contributed by atoms with Crippen LogP contribution in [0.5, 0.6) is 0 Å². The Balaban J connectivity index is 2.37. The minimum atomic E-state index is -3.40. The van der Waals surface area contributed by atoms with Crippen LogP contribution >= 0.6 is 11.3 Å². The molecule has 1 aromatic carbocycles. The van der Waals surface area contributed by atoms with Crippen molar-refractivity contribution in [3.8, 4) is 0 Å². The highest BCUT2D eigenvalue weighted by Gasteiger charge is 2.20. The summed E-state index contributed by atoms with van der Waals surface area (Å²) in [5, 5.41) is 3.02. The molecule has 24 heavy (non-hydrogen) atoms. The number of nitrogens with two attached hydrogens (primary N) is 1. The Morgan fingerprint density at radius 1 is 1.25 bits per heavy atom. The van der Waals surface area contributed by atoms with Crippen LogP contribution in [0.15, 0.2) is 29.2 Å². The number of sulfone groups is 1. The van der Waals surface area contributed by atoms with E-state index < -0.39 is 21.7 Å². The fourth-order valence-electron chi connectivity index (χ4n) is 2.18. The Labute approximate surface area is 144 Å². The highest BCUT2D eigenvalue weighted by Crippen LogP contribution is 2.32. The van der Waals surface area contributed by atoms with E-state index in [0.29, 0.717) is 5.00 Å². The van der Waals surface area contributed by atoms with Crippen LogP contribution in [0.2, 0.25) is 0 Å². The molecule has 2 amide bonds. The van der Waals surface area contributed by atoms with E-state index in [1.807, 2.05) is 6.92 Å². The number of hydrogen-bond acceptors (Lipinski definition) is 5. The third kappa shape index (κ3) is 3.49. The van der Waals surface area contributed by atoms with Gasteiger partial charge in [0.1, 0.15) is 5.00 Å². The molecule has 0 aliphatic heterocycles. The summed E-state index contributed by atoms with van der Waals surface area (Å²) in [5.41, 5.74) is 6.58. The number of amides is 2. The van der Waals surface area contributed by atoms with Crippen LogP contribution < -0.4 is 11.1 Å². The van der Waals surface area contributed by atoms with Gasteiger partial charge >= 0.3 is 0 Å². The summed E-state index contributed by atoms with van der Waals surface area (Å²) < 4.78 is 23.9.